The molecule has 0 saturated carbocycles. The van der Waals surface area contributed by atoms with E-state index in [1.807, 2.05) is 0 Å². The molecule has 0 unspecified atom stereocenters. The Morgan fingerprint density at radius 3 is 2.33 bits per heavy atom. The number of hydrogen-bond donors (Lipinski definition) is 1. The normalized spacial score (nSPS) is 9.78. The molecule has 18 heavy (non-hydrogen) atoms. The van der Waals surface area contributed by atoms with Gasteiger partial charge >= 0.3 is 0 Å². The van der Waals surface area contributed by atoms with Gasteiger partial charge in [-0.3, -0.25) is 9.59 Å². The van der Waals surface area contributed by atoms with Crippen molar-refractivity contribution >= 4 is 12.1 Å². The zero-order chi connectivity index (χ0) is 14.0. The van der Waals surface area contributed by atoms with Crippen molar-refractivity contribution in [2.45, 2.75) is 0 Å². The fourth-order valence-corrected chi connectivity index (χ4v) is 1.33. The smallest absolute Gasteiger partial charge is 0.193 e. The minimum Gasteiger partial charge on any atom is -0.400 e. The highest BCUT2D eigenvalue weighted by Gasteiger charge is 2.12. The second-order valence-corrected chi connectivity index (χ2v) is 3.10. The predicted molar refractivity (Wildman–Crippen MR) is 72.8 cm³/mol. The van der Waals surface area contributed by atoms with Crippen LogP contribution in [0.1, 0.15) is 20.7 Å². The van der Waals surface area contributed by atoms with Gasteiger partial charge in [-0.1, -0.05) is 55.7 Å². The molecule has 3 nitrogen and oxygen atoms in total. The van der Waals surface area contributed by atoms with Gasteiger partial charge in [-0.05, 0) is 0 Å². The van der Waals surface area contributed by atoms with Gasteiger partial charge in [0.05, 0.1) is 0 Å². The molecule has 94 valence electrons. The summed E-state index contributed by atoms with van der Waals surface area (Å²) < 4.78 is 0. The maximum absolute atomic E-state index is 12.0. The number of carbonyl (C=O) groups is 2. The van der Waals surface area contributed by atoms with Crippen molar-refractivity contribution in [2.24, 2.45) is 0 Å². The van der Waals surface area contributed by atoms with E-state index < -0.39 is 0 Å². The van der Waals surface area contributed by atoms with Gasteiger partial charge in [0.1, 0.15) is 0 Å². The number of carbonyl (C=O) groups excluding carboxylic acids is 2. The summed E-state index contributed by atoms with van der Waals surface area (Å²) in [6, 6.07) is 6.65. The van der Waals surface area contributed by atoms with Crippen LogP contribution in [0.3, 0.4) is 0 Å². The highest BCUT2D eigenvalue weighted by atomic mass is 16.2. The first-order chi connectivity index (χ1) is 8.74. The number of aliphatic hydroxyl groups excluding tert-OH is 1. The third-order valence-electron chi connectivity index (χ3n) is 2.11. The van der Waals surface area contributed by atoms with Crippen LogP contribution in [0.2, 0.25) is 0 Å². The second kappa shape index (κ2) is 8.84. The van der Waals surface area contributed by atoms with E-state index >= 15 is 0 Å². The van der Waals surface area contributed by atoms with E-state index in [-0.39, 0.29) is 5.78 Å². The van der Waals surface area contributed by atoms with E-state index in [9.17, 15) is 9.59 Å². The zero-order valence-electron chi connectivity index (χ0n) is 10.3. The van der Waals surface area contributed by atoms with Crippen molar-refractivity contribution < 1.29 is 14.7 Å². The van der Waals surface area contributed by atoms with Gasteiger partial charge in [0.2, 0.25) is 0 Å². The van der Waals surface area contributed by atoms with Gasteiger partial charge < -0.3 is 5.11 Å². The summed E-state index contributed by atoms with van der Waals surface area (Å²) in [5.41, 5.74) is 1.18. The molecule has 0 fully saturated rings. The van der Waals surface area contributed by atoms with Crippen LogP contribution < -0.4 is 0 Å². The molecule has 0 saturated heterocycles. The molecular weight excluding hydrogens is 228 g/mol. The molecule has 0 amide bonds. The van der Waals surface area contributed by atoms with Crippen molar-refractivity contribution in [2.75, 3.05) is 7.11 Å². The minimum absolute atomic E-state index is 0.224. The Morgan fingerprint density at radius 1 is 1.22 bits per heavy atom. The van der Waals surface area contributed by atoms with Crippen LogP contribution in [0.5, 0.6) is 0 Å². The lowest BCUT2D eigenvalue weighted by molar-refractivity contribution is 0.102. The van der Waals surface area contributed by atoms with Crippen LogP contribution in [0.15, 0.2) is 61.2 Å². The topological polar surface area (TPSA) is 54.4 Å². The number of rotatable bonds is 5. The first-order valence-electron chi connectivity index (χ1n) is 5.23. The van der Waals surface area contributed by atoms with Crippen LogP contribution in [-0.2, 0) is 0 Å². The van der Waals surface area contributed by atoms with Crippen LogP contribution in [0.4, 0.5) is 0 Å². The largest absolute Gasteiger partial charge is 0.400 e. The molecule has 0 aliphatic heterocycles. The zero-order valence-corrected chi connectivity index (χ0v) is 10.3. The van der Waals surface area contributed by atoms with Crippen molar-refractivity contribution in [1.82, 2.24) is 0 Å². The Kier molecular flexibility index (Phi) is 7.73. The highest BCUT2D eigenvalue weighted by molar-refractivity contribution is 6.14. The second-order valence-electron chi connectivity index (χ2n) is 3.10. The molecule has 3 heteroatoms. The Bertz CT molecular complexity index is 470. The molecule has 1 aromatic carbocycles. The Balaban J connectivity index is 0.00000137. The van der Waals surface area contributed by atoms with Gasteiger partial charge in [0, 0.05) is 23.8 Å². The fourth-order valence-electron chi connectivity index (χ4n) is 1.33. The van der Waals surface area contributed by atoms with E-state index in [0.29, 0.717) is 23.0 Å². The van der Waals surface area contributed by atoms with E-state index in [4.69, 9.17) is 5.11 Å². The molecule has 0 spiro atoms. The summed E-state index contributed by atoms with van der Waals surface area (Å²) in [6.45, 7) is 7.08. The van der Waals surface area contributed by atoms with E-state index in [0.717, 1.165) is 7.11 Å². The summed E-state index contributed by atoms with van der Waals surface area (Å²) in [5, 5.41) is 7.00. The number of aldehydes is 1. The number of hydrogen-bond acceptors (Lipinski definition) is 3. The van der Waals surface area contributed by atoms with E-state index in [1.54, 1.807) is 30.3 Å². The van der Waals surface area contributed by atoms with Crippen molar-refractivity contribution in [1.29, 1.82) is 0 Å². The molecule has 1 rings (SSSR count). The van der Waals surface area contributed by atoms with Gasteiger partial charge in [-0.25, -0.2) is 0 Å². The molecule has 1 N–H and O–H groups in total. The lowest BCUT2D eigenvalue weighted by Crippen LogP contribution is -2.05. The third-order valence-corrected chi connectivity index (χ3v) is 2.11. The van der Waals surface area contributed by atoms with Crippen LogP contribution in [0.25, 0.3) is 0 Å². The summed E-state index contributed by atoms with van der Waals surface area (Å²) in [5.74, 6) is -0.224. The average molecular weight is 244 g/mol. The first kappa shape index (κ1) is 15.7. The van der Waals surface area contributed by atoms with Crippen molar-refractivity contribution in [3.63, 3.8) is 0 Å². The number of aliphatic hydroxyl groups is 1. The summed E-state index contributed by atoms with van der Waals surface area (Å²) in [4.78, 5) is 22.8. The molecule has 0 aliphatic rings. The monoisotopic (exact) mass is 244 g/mol. The quantitative estimate of drug-likeness (QED) is 0.375. The van der Waals surface area contributed by atoms with Gasteiger partial charge in [0.15, 0.2) is 12.1 Å². The van der Waals surface area contributed by atoms with E-state index in [1.165, 1.54) is 12.2 Å². The van der Waals surface area contributed by atoms with Gasteiger partial charge in [0.25, 0.3) is 0 Å². The van der Waals surface area contributed by atoms with E-state index in [2.05, 4.69) is 13.2 Å². The molecule has 1 aromatic rings. The summed E-state index contributed by atoms with van der Waals surface area (Å²) in [7, 11) is 1.00. The molecular formula is C15H16O3. The predicted octanol–water partition coefficient (Wildman–Crippen LogP) is 2.59. The maximum Gasteiger partial charge on any atom is 0.193 e. The molecule has 0 aliphatic carbocycles. The summed E-state index contributed by atoms with van der Waals surface area (Å²) >= 11 is 0. The lowest BCUT2D eigenvalue weighted by atomic mass is 9.99. The van der Waals surface area contributed by atoms with Crippen LogP contribution in [-0.4, -0.2) is 24.3 Å². The number of ketones is 1. The minimum atomic E-state index is -0.224. The Labute approximate surface area is 107 Å². The maximum atomic E-state index is 12.0. The third kappa shape index (κ3) is 3.96. The Morgan fingerprint density at radius 2 is 1.83 bits per heavy atom. The van der Waals surface area contributed by atoms with Crippen molar-refractivity contribution in [3.8, 4) is 0 Å². The number of Topliss-reactive ketones (excluding diaryl/α,β-unsaturated/α-hetero) is 1. The molecule has 0 heterocycles. The number of allylic oxidation sites excluding steroid dienone is 4. The lowest BCUT2D eigenvalue weighted by Gasteiger charge is -2.03. The molecule has 0 aromatic heterocycles. The molecule has 0 bridgehead atoms. The van der Waals surface area contributed by atoms with Gasteiger partial charge in [-0.15, -0.1) is 0 Å². The average Bonchev–Trinajstić information content (AvgIpc) is 2.46. The SMILES string of the molecule is C=C/C=C(\C=C)C(=O)c1ccccc1C=O.CO. The summed E-state index contributed by atoms with van der Waals surface area (Å²) in [6.07, 6.45) is 5.20. The highest BCUT2D eigenvalue weighted by Crippen LogP contribution is 2.13. The Hall–Kier alpha value is -2.26. The molecule has 0 radical (unpaired) electrons. The van der Waals surface area contributed by atoms with Crippen LogP contribution in [0, 0.1) is 0 Å². The fraction of sp³-hybridized carbons (Fsp3) is 0.0667. The first-order valence-corrected chi connectivity index (χ1v) is 5.23. The standard InChI is InChI=1S/C14H12O2.CH4O/c1-3-7-11(4-2)14(16)13-9-6-5-8-12(13)10-15;1-2/h3-10H,1-2H2;2H,1H3/b11-7+;. The van der Waals surface area contributed by atoms with Crippen LogP contribution >= 0.6 is 0 Å². The van der Waals surface area contributed by atoms with Gasteiger partial charge in [-0.2, -0.15) is 0 Å². The molecule has 0 atom stereocenters. The van der Waals surface area contributed by atoms with Crippen molar-refractivity contribution in [3.05, 3.63) is 72.4 Å². The number of benzene rings is 1.